The highest BCUT2D eigenvalue weighted by atomic mass is 32.1. The van der Waals surface area contributed by atoms with Crippen molar-refractivity contribution >= 4 is 44.8 Å². The summed E-state index contributed by atoms with van der Waals surface area (Å²) in [4.78, 5) is 29.2. The van der Waals surface area contributed by atoms with Crippen LogP contribution in [0, 0.1) is 6.92 Å². The number of nitrogens with one attached hydrogen (secondary N) is 2. The molecule has 2 heterocycles. The highest BCUT2D eigenvalue weighted by molar-refractivity contribution is 7.20. The molecule has 0 bridgehead atoms. The van der Waals surface area contributed by atoms with Crippen LogP contribution in [0.5, 0.6) is 0 Å². The Morgan fingerprint density at radius 3 is 2.58 bits per heavy atom. The van der Waals surface area contributed by atoms with Gasteiger partial charge in [0, 0.05) is 5.56 Å². The van der Waals surface area contributed by atoms with E-state index in [1.165, 1.54) is 22.7 Å². The first-order chi connectivity index (χ1) is 12.6. The van der Waals surface area contributed by atoms with Crippen molar-refractivity contribution in [1.29, 1.82) is 0 Å². The lowest BCUT2D eigenvalue weighted by Gasteiger charge is -2.05. The van der Waals surface area contributed by atoms with Crippen LogP contribution in [0.1, 0.15) is 22.2 Å². The molecule has 3 aromatic rings. The van der Waals surface area contributed by atoms with E-state index in [-0.39, 0.29) is 12.5 Å². The molecule has 134 valence electrons. The van der Waals surface area contributed by atoms with Gasteiger partial charge >= 0.3 is 6.09 Å². The standard InChI is InChI=1S/C18H17N3O3S2/c1-3-24-18(23)21-16-14(12-8-6-11(2)7-9-12)19-17(26-16)20-15(22)13-5-4-10-25-13/h4-10H,3H2,1-2H3,(H,21,23)(H,19,20,22). The van der Waals surface area contributed by atoms with Crippen molar-refractivity contribution in [3.63, 3.8) is 0 Å². The molecular formula is C18H17N3O3S2. The number of hydrogen-bond acceptors (Lipinski definition) is 6. The molecule has 1 aromatic carbocycles. The summed E-state index contributed by atoms with van der Waals surface area (Å²) in [6.07, 6.45) is -0.555. The van der Waals surface area contributed by atoms with E-state index in [4.69, 9.17) is 4.74 Å². The molecule has 0 aliphatic heterocycles. The molecule has 6 nitrogen and oxygen atoms in total. The second-order valence-corrected chi connectivity index (χ2v) is 7.29. The molecule has 0 spiro atoms. The Kier molecular flexibility index (Phi) is 5.65. The fraction of sp³-hybridized carbons (Fsp3) is 0.167. The summed E-state index contributed by atoms with van der Waals surface area (Å²) < 4.78 is 4.95. The van der Waals surface area contributed by atoms with Gasteiger partial charge in [-0.1, -0.05) is 47.2 Å². The predicted molar refractivity (Wildman–Crippen MR) is 105 cm³/mol. The van der Waals surface area contributed by atoms with Gasteiger partial charge in [0.2, 0.25) is 0 Å². The van der Waals surface area contributed by atoms with Crippen LogP contribution in [0.15, 0.2) is 41.8 Å². The summed E-state index contributed by atoms with van der Waals surface area (Å²) in [5, 5.41) is 8.24. The minimum absolute atomic E-state index is 0.230. The summed E-state index contributed by atoms with van der Waals surface area (Å²) in [7, 11) is 0. The number of rotatable bonds is 5. The van der Waals surface area contributed by atoms with Crippen LogP contribution < -0.4 is 10.6 Å². The third-order valence-corrected chi connectivity index (χ3v) is 5.16. The molecule has 0 aliphatic rings. The summed E-state index contributed by atoms with van der Waals surface area (Å²) >= 11 is 2.54. The number of ether oxygens (including phenoxy) is 1. The number of anilines is 2. The van der Waals surface area contributed by atoms with E-state index in [0.29, 0.717) is 20.7 Å². The van der Waals surface area contributed by atoms with Crippen molar-refractivity contribution in [2.75, 3.05) is 17.2 Å². The molecule has 0 unspecified atom stereocenters. The summed E-state index contributed by atoms with van der Waals surface area (Å²) in [5.74, 6) is -0.230. The van der Waals surface area contributed by atoms with Gasteiger partial charge < -0.3 is 4.74 Å². The van der Waals surface area contributed by atoms with Crippen molar-refractivity contribution in [1.82, 2.24) is 4.98 Å². The average molecular weight is 387 g/mol. The monoisotopic (exact) mass is 387 g/mol. The van der Waals surface area contributed by atoms with E-state index in [1.807, 2.05) is 42.6 Å². The number of carbonyl (C=O) groups is 2. The largest absolute Gasteiger partial charge is 0.450 e. The molecule has 0 fully saturated rings. The van der Waals surface area contributed by atoms with Crippen molar-refractivity contribution < 1.29 is 14.3 Å². The number of benzene rings is 1. The Balaban J connectivity index is 1.90. The van der Waals surface area contributed by atoms with E-state index >= 15 is 0 Å². The lowest BCUT2D eigenvalue weighted by molar-refractivity contribution is 0.103. The van der Waals surface area contributed by atoms with Crippen LogP contribution in [0.4, 0.5) is 14.9 Å². The fourth-order valence-electron chi connectivity index (χ4n) is 2.19. The van der Waals surface area contributed by atoms with Gasteiger partial charge in [-0.25, -0.2) is 9.78 Å². The summed E-state index contributed by atoms with van der Waals surface area (Å²) in [5.41, 5.74) is 2.55. The van der Waals surface area contributed by atoms with Gasteiger partial charge in [0.1, 0.15) is 10.7 Å². The minimum Gasteiger partial charge on any atom is -0.450 e. The smallest absolute Gasteiger partial charge is 0.412 e. The zero-order valence-electron chi connectivity index (χ0n) is 14.2. The highest BCUT2D eigenvalue weighted by Gasteiger charge is 2.18. The number of thiophene rings is 1. The van der Waals surface area contributed by atoms with Crippen molar-refractivity contribution in [3.05, 3.63) is 52.2 Å². The third-order valence-electron chi connectivity index (χ3n) is 3.41. The Morgan fingerprint density at radius 1 is 1.15 bits per heavy atom. The van der Waals surface area contributed by atoms with Crippen LogP contribution >= 0.6 is 22.7 Å². The number of hydrogen-bond donors (Lipinski definition) is 2. The van der Waals surface area contributed by atoms with E-state index in [1.54, 1.807) is 13.0 Å². The van der Waals surface area contributed by atoms with E-state index in [2.05, 4.69) is 15.6 Å². The molecule has 2 aromatic heterocycles. The first kappa shape index (κ1) is 18.1. The second kappa shape index (κ2) is 8.11. The molecule has 26 heavy (non-hydrogen) atoms. The number of carbonyl (C=O) groups excluding carboxylic acids is 2. The number of thiazole rings is 1. The van der Waals surface area contributed by atoms with Crippen LogP contribution in [0.25, 0.3) is 11.3 Å². The van der Waals surface area contributed by atoms with Crippen molar-refractivity contribution in [3.8, 4) is 11.3 Å². The Bertz CT molecular complexity index is 902. The molecule has 0 saturated heterocycles. The number of aromatic nitrogens is 1. The maximum absolute atomic E-state index is 12.3. The van der Waals surface area contributed by atoms with Crippen LogP contribution in [-0.4, -0.2) is 23.6 Å². The average Bonchev–Trinajstić information content (AvgIpc) is 3.26. The lowest BCUT2D eigenvalue weighted by atomic mass is 10.1. The molecule has 2 amide bonds. The molecule has 8 heteroatoms. The molecule has 0 radical (unpaired) electrons. The quantitative estimate of drug-likeness (QED) is 0.645. The zero-order valence-corrected chi connectivity index (χ0v) is 15.9. The Morgan fingerprint density at radius 2 is 1.92 bits per heavy atom. The molecule has 3 rings (SSSR count). The van der Waals surface area contributed by atoms with E-state index in [9.17, 15) is 9.59 Å². The molecule has 0 atom stereocenters. The maximum Gasteiger partial charge on any atom is 0.412 e. The van der Waals surface area contributed by atoms with Gasteiger partial charge in [-0.3, -0.25) is 15.4 Å². The first-order valence-corrected chi connectivity index (χ1v) is 9.63. The molecule has 0 saturated carbocycles. The Hall–Kier alpha value is -2.71. The first-order valence-electron chi connectivity index (χ1n) is 7.93. The summed E-state index contributed by atoms with van der Waals surface area (Å²) in [6.45, 7) is 4.00. The van der Waals surface area contributed by atoms with Gasteiger partial charge in [-0.2, -0.15) is 0 Å². The van der Waals surface area contributed by atoms with Gasteiger partial charge in [-0.05, 0) is 25.3 Å². The zero-order chi connectivity index (χ0) is 18.5. The normalized spacial score (nSPS) is 10.4. The number of amides is 2. The topological polar surface area (TPSA) is 80.3 Å². The van der Waals surface area contributed by atoms with Crippen molar-refractivity contribution in [2.24, 2.45) is 0 Å². The maximum atomic E-state index is 12.3. The lowest BCUT2D eigenvalue weighted by Crippen LogP contribution is -2.12. The van der Waals surface area contributed by atoms with E-state index in [0.717, 1.165) is 11.1 Å². The molecule has 0 aliphatic carbocycles. The molecular weight excluding hydrogens is 370 g/mol. The SMILES string of the molecule is CCOC(=O)Nc1sc(NC(=O)c2cccs2)nc1-c1ccc(C)cc1. The van der Waals surface area contributed by atoms with Gasteiger partial charge in [0.25, 0.3) is 5.91 Å². The minimum atomic E-state index is -0.555. The predicted octanol–water partition coefficient (Wildman–Crippen LogP) is 5.00. The van der Waals surface area contributed by atoms with Crippen LogP contribution in [-0.2, 0) is 4.74 Å². The highest BCUT2D eigenvalue weighted by Crippen LogP contribution is 2.36. The fourth-order valence-corrected chi connectivity index (χ4v) is 3.68. The molecule has 2 N–H and O–H groups in total. The van der Waals surface area contributed by atoms with Gasteiger partial charge in [-0.15, -0.1) is 11.3 Å². The summed E-state index contributed by atoms with van der Waals surface area (Å²) in [6, 6.07) is 11.3. The Labute approximate surface area is 158 Å². The van der Waals surface area contributed by atoms with E-state index < -0.39 is 6.09 Å². The second-order valence-electron chi connectivity index (χ2n) is 5.34. The van der Waals surface area contributed by atoms with Crippen LogP contribution in [0.3, 0.4) is 0 Å². The number of nitrogens with zero attached hydrogens (tertiary/aromatic N) is 1. The van der Waals surface area contributed by atoms with Gasteiger partial charge in [0.05, 0.1) is 11.5 Å². The van der Waals surface area contributed by atoms with Crippen molar-refractivity contribution in [2.45, 2.75) is 13.8 Å². The number of aryl methyl sites for hydroxylation is 1. The van der Waals surface area contributed by atoms with Crippen LogP contribution in [0.2, 0.25) is 0 Å². The van der Waals surface area contributed by atoms with Gasteiger partial charge in [0.15, 0.2) is 5.13 Å². The third kappa shape index (κ3) is 4.27.